The Balaban J connectivity index is 2.00. The van der Waals surface area contributed by atoms with E-state index >= 15 is 0 Å². The Morgan fingerprint density at radius 3 is 3.10 bits per heavy atom. The lowest BCUT2D eigenvalue weighted by Gasteiger charge is -2.16. The predicted octanol–water partition coefficient (Wildman–Crippen LogP) is 1.21. The molecule has 1 aliphatic heterocycles. The van der Waals surface area contributed by atoms with Crippen molar-refractivity contribution in [2.45, 2.75) is 18.7 Å². The van der Waals surface area contributed by atoms with Crippen molar-refractivity contribution in [3.63, 3.8) is 0 Å². The highest BCUT2D eigenvalue weighted by Gasteiger charge is 2.36. The maximum atomic E-state index is 12.8. The summed E-state index contributed by atoms with van der Waals surface area (Å²) in [4.78, 5) is 15.4. The number of ether oxygens (including phenoxy) is 1. The summed E-state index contributed by atoms with van der Waals surface area (Å²) in [6.07, 6.45) is -2.84. The first-order valence-electron chi connectivity index (χ1n) is 6.61. The van der Waals surface area contributed by atoms with Gasteiger partial charge < -0.3 is 15.4 Å². The summed E-state index contributed by atoms with van der Waals surface area (Å²) in [6.45, 7) is 2.07. The summed E-state index contributed by atoms with van der Waals surface area (Å²) < 4.78 is 43.9. The van der Waals surface area contributed by atoms with Gasteiger partial charge in [-0.1, -0.05) is 0 Å². The molecular weight excluding hydrogens is 287 g/mol. The van der Waals surface area contributed by atoms with E-state index in [0.717, 1.165) is 31.3 Å². The van der Waals surface area contributed by atoms with Crippen molar-refractivity contribution >= 4 is 5.91 Å². The molecule has 2 rings (SSSR count). The fraction of sp³-hybridized carbons (Fsp3) is 0.538. The van der Waals surface area contributed by atoms with Crippen LogP contribution in [0.25, 0.3) is 0 Å². The summed E-state index contributed by atoms with van der Waals surface area (Å²) in [6, 6.07) is 1.99. The normalized spacial score (nSPS) is 19.9. The van der Waals surface area contributed by atoms with Gasteiger partial charge in [0, 0.05) is 25.9 Å². The van der Waals surface area contributed by atoms with Crippen molar-refractivity contribution in [3.8, 4) is 0 Å². The molecule has 0 spiro atoms. The number of hydrogen-bond acceptors (Lipinski definition) is 4. The van der Waals surface area contributed by atoms with Gasteiger partial charge in [0.25, 0.3) is 5.91 Å². The summed E-state index contributed by atoms with van der Waals surface area (Å²) in [5.74, 6) is -0.851. The molecule has 2 heterocycles. The van der Waals surface area contributed by atoms with E-state index in [-0.39, 0.29) is 12.6 Å². The zero-order chi connectivity index (χ0) is 15.3. The Hall–Kier alpha value is -1.67. The lowest BCUT2D eigenvalue weighted by Crippen LogP contribution is -2.39. The summed E-state index contributed by atoms with van der Waals surface area (Å²) in [5.41, 5.74) is -1.66. The van der Waals surface area contributed by atoms with Crippen molar-refractivity contribution in [1.29, 1.82) is 0 Å². The number of nitrogens with zero attached hydrogens (tertiary/aromatic N) is 1. The van der Waals surface area contributed by atoms with E-state index in [2.05, 4.69) is 15.6 Å². The van der Waals surface area contributed by atoms with Crippen LogP contribution in [0.4, 0.5) is 13.2 Å². The minimum Gasteiger partial charge on any atom is -0.375 e. The quantitative estimate of drug-likeness (QED) is 0.881. The number of rotatable bonds is 3. The standard InChI is InChI=1S/C13H16F3N3O2/c14-13(15,16)10-3-1-5-18-11(10)12(20)19-8-9-7-17-4-2-6-21-9/h1,3,5,9,17H,2,4,6-8H2,(H,19,20). The second-order valence-electron chi connectivity index (χ2n) is 4.66. The maximum Gasteiger partial charge on any atom is 0.418 e. The average Bonchev–Trinajstić information content (AvgIpc) is 2.72. The molecule has 5 nitrogen and oxygen atoms in total. The third-order valence-electron chi connectivity index (χ3n) is 3.04. The molecule has 1 aromatic rings. The third kappa shape index (κ3) is 4.40. The minimum absolute atomic E-state index is 0.139. The molecule has 116 valence electrons. The second-order valence-corrected chi connectivity index (χ2v) is 4.66. The van der Waals surface area contributed by atoms with Crippen LogP contribution in [0.2, 0.25) is 0 Å². The van der Waals surface area contributed by atoms with Crippen LogP contribution in [0.15, 0.2) is 18.3 Å². The zero-order valence-electron chi connectivity index (χ0n) is 11.2. The van der Waals surface area contributed by atoms with E-state index in [1.54, 1.807) is 0 Å². The van der Waals surface area contributed by atoms with Gasteiger partial charge >= 0.3 is 6.18 Å². The van der Waals surface area contributed by atoms with Crippen molar-refractivity contribution in [1.82, 2.24) is 15.6 Å². The number of alkyl halides is 3. The van der Waals surface area contributed by atoms with Crippen molar-refractivity contribution in [2.75, 3.05) is 26.2 Å². The highest BCUT2D eigenvalue weighted by molar-refractivity contribution is 5.93. The van der Waals surface area contributed by atoms with Gasteiger partial charge in [-0.15, -0.1) is 0 Å². The first-order valence-corrected chi connectivity index (χ1v) is 6.61. The topological polar surface area (TPSA) is 63.2 Å². The number of aromatic nitrogens is 1. The number of carbonyl (C=O) groups excluding carboxylic acids is 1. The van der Waals surface area contributed by atoms with Gasteiger partial charge in [0.05, 0.1) is 11.7 Å². The fourth-order valence-electron chi connectivity index (χ4n) is 2.01. The van der Waals surface area contributed by atoms with E-state index in [1.807, 2.05) is 0 Å². The van der Waals surface area contributed by atoms with Gasteiger partial charge in [-0.05, 0) is 25.1 Å². The zero-order valence-corrected chi connectivity index (χ0v) is 11.2. The van der Waals surface area contributed by atoms with E-state index < -0.39 is 23.3 Å². The Bertz CT molecular complexity index is 486. The summed E-state index contributed by atoms with van der Waals surface area (Å²) in [5, 5.41) is 5.57. The van der Waals surface area contributed by atoms with Gasteiger partial charge in [-0.25, -0.2) is 0 Å². The Morgan fingerprint density at radius 2 is 2.33 bits per heavy atom. The van der Waals surface area contributed by atoms with E-state index in [9.17, 15) is 18.0 Å². The molecule has 1 aromatic heterocycles. The van der Waals surface area contributed by atoms with Crippen molar-refractivity contribution < 1.29 is 22.7 Å². The molecule has 0 saturated carbocycles. The molecule has 1 aliphatic rings. The number of nitrogens with one attached hydrogen (secondary N) is 2. The van der Waals surface area contributed by atoms with Crippen LogP contribution in [-0.2, 0) is 10.9 Å². The SMILES string of the molecule is O=C(NCC1CNCCCO1)c1ncccc1C(F)(F)F. The maximum absolute atomic E-state index is 12.8. The molecule has 2 N–H and O–H groups in total. The van der Waals surface area contributed by atoms with Crippen LogP contribution in [0.1, 0.15) is 22.5 Å². The number of carbonyl (C=O) groups is 1. The van der Waals surface area contributed by atoms with Crippen LogP contribution in [0.5, 0.6) is 0 Å². The summed E-state index contributed by atoms with van der Waals surface area (Å²) >= 11 is 0. The van der Waals surface area contributed by atoms with Crippen LogP contribution in [-0.4, -0.2) is 43.2 Å². The molecule has 1 amide bonds. The fourth-order valence-corrected chi connectivity index (χ4v) is 2.01. The largest absolute Gasteiger partial charge is 0.418 e. The third-order valence-corrected chi connectivity index (χ3v) is 3.04. The molecular formula is C13H16F3N3O2. The van der Waals surface area contributed by atoms with Crippen LogP contribution in [0, 0.1) is 0 Å². The Kier molecular flexibility index (Phi) is 5.13. The van der Waals surface area contributed by atoms with Gasteiger partial charge in [0.2, 0.25) is 0 Å². The smallest absolute Gasteiger partial charge is 0.375 e. The van der Waals surface area contributed by atoms with Crippen LogP contribution in [0.3, 0.4) is 0 Å². The molecule has 8 heteroatoms. The minimum atomic E-state index is -4.61. The molecule has 0 radical (unpaired) electrons. The monoisotopic (exact) mass is 303 g/mol. The molecule has 1 fully saturated rings. The lowest BCUT2D eigenvalue weighted by molar-refractivity contribution is -0.138. The molecule has 1 saturated heterocycles. The molecule has 21 heavy (non-hydrogen) atoms. The van der Waals surface area contributed by atoms with Crippen molar-refractivity contribution in [2.24, 2.45) is 0 Å². The molecule has 0 bridgehead atoms. The van der Waals surface area contributed by atoms with Gasteiger partial charge in [0.15, 0.2) is 0 Å². The molecule has 1 atom stereocenters. The number of pyridine rings is 1. The van der Waals surface area contributed by atoms with E-state index in [4.69, 9.17) is 4.74 Å². The van der Waals surface area contributed by atoms with Gasteiger partial charge in [-0.2, -0.15) is 13.2 Å². The highest BCUT2D eigenvalue weighted by atomic mass is 19.4. The van der Waals surface area contributed by atoms with Gasteiger partial charge in [0.1, 0.15) is 5.69 Å². The van der Waals surface area contributed by atoms with Crippen LogP contribution < -0.4 is 10.6 Å². The van der Waals surface area contributed by atoms with E-state index in [0.29, 0.717) is 13.2 Å². The Labute approximate surface area is 119 Å². The van der Waals surface area contributed by atoms with Crippen molar-refractivity contribution in [3.05, 3.63) is 29.6 Å². The number of halogens is 3. The Morgan fingerprint density at radius 1 is 1.52 bits per heavy atom. The first-order chi connectivity index (χ1) is 9.98. The predicted molar refractivity (Wildman–Crippen MR) is 68.8 cm³/mol. The van der Waals surface area contributed by atoms with E-state index in [1.165, 1.54) is 0 Å². The second kappa shape index (κ2) is 6.86. The van der Waals surface area contributed by atoms with Crippen LogP contribution >= 0.6 is 0 Å². The molecule has 0 aliphatic carbocycles. The molecule has 0 aromatic carbocycles. The summed E-state index contributed by atoms with van der Waals surface area (Å²) in [7, 11) is 0. The first kappa shape index (κ1) is 15.7. The lowest BCUT2D eigenvalue weighted by atomic mass is 10.1. The number of hydrogen-bond donors (Lipinski definition) is 2. The molecule has 1 unspecified atom stereocenters. The van der Waals surface area contributed by atoms with Gasteiger partial charge in [-0.3, -0.25) is 9.78 Å². The number of amides is 1. The average molecular weight is 303 g/mol. The highest BCUT2D eigenvalue weighted by Crippen LogP contribution is 2.30.